The minimum atomic E-state index is -1.29. The Morgan fingerprint density at radius 1 is 1.08 bits per heavy atom. The second-order valence-corrected chi connectivity index (χ2v) is 11.0. The van der Waals surface area contributed by atoms with Gasteiger partial charge in [0, 0.05) is 43.4 Å². The number of piperidine rings is 1. The van der Waals surface area contributed by atoms with Crippen molar-refractivity contribution in [1.82, 2.24) is 9.80 Å². The Hall–Kier alpha value is -3.06. The minimum Gasteiger partial charge on any atom is -0.450 e. The number of carboxylic acid groups (broad SMARTS) is 1. The second-order valence-electron chi connectivity index (χ2n) is 10.6. The number of ether oxygens (including phenoxy) is 1. The lowest BCUT2D eigenvalue weighted by molar-refractivity contribution is -0.142. The Balaban J connectivity index is 1.65. The summed E-state index contributed by atoms with van der Waals surface area (Å²) in [6.45, 7) is 7.41. The smallest absolute Gasteiger partial charge is 0.450 e. The number of nitrogens with zero attached hydrogens (tertiary/aromatic N) is 2. The molecule has 0 aromatic heterocycles. The van der Waals surface area contributed by atoms with Gasteiger partial charge in [-0.1, -0.05) is 67.4 Å². The van der Waals surface area contributed by atoms with Crippen LogP contribution in [0.15, 0.2) is 42.5 Å². The van der Waals surface area contributed by atoms with E-state index in [0.29, 0.717) is 49.8 Å². The topological polar surface area (TPSA) is 87.2 Å². The molecule has 1 N–H and O–H groups in total. The molecule has 2 heterocycles. The van der Waals surface area contributed by atoms with Crippen LogP contribution in [0.2, 0.25) is 5.02 Å². The summed E-state index contributed by atoms with van der Waals surface area (Å²) in [5.74, 6) is -0.375. The zero-order valence-electron chi connectivity index (χ0n) is 21.7. The molecule has 2 aromatic rings. The Bertz CT molecular complexity index is 1160. The van der Waals surface area contributed by atoms with Gasteiger partial charge in [-0.15, -0.1) is 0 Å². The summed E-state index contributed by atoms with van der Waals surface area (Å²) in [6.07, 6.45) is -0.105. The Morgan fingerprint density at radius 3 is 2.43 bits per heavy atom. The van der Waals surface area contributed by atoms with Gasteiger partial charge in [0.2, 0.25) is 11.8 Å². The van der Waals surface area contributed by atoms with Gasteiger partial charge in [-0.05, 0) is 42.0 Å². The molecule has 0 aliphatic carbocycles. The lowest BCUT2D eigenvalue weighted by atomic mass is 9.81. The summed E-state index contributed by atoms with van der Waals surface area (Å²) in [4.78, 5) is 41.7. The van der Waals surface area contributed by atoms with E-state index < -0.39 is 12.3 Å². The number of hydrogen-bond acceptors (Lipinski definition) is 4. The van der Waals surface area contributed by atoms with Gasteiger partial charge in [0.15, 0.2) is 0 Å². The molecule has 2 atom stereocenters. The first-order valence-corrected chi connectivity index (χ1v) is 13.3. The van der Waals surface area contributed by atoms with Gasteiger partial charge in [0.1, 0.15) is 6.10 Å². The molecule has 198 valence electrons. The SMILES string of the molecule is Cc1ccc2c(c1)C(c1ccccc1Cl)CN(CC(=O)N1CCC(OC(=O)O)CC1)C(=O)C2CC(C)C. The minimum absolute atomic E-state index is 0.0220. The molecule has 2 amide bonds. The van der Waals surface area contributed by atoms with Crippen LogP contribution in [0.4, 0.5) is 4.79 Å². The fraction of sp³-hybridized carbons (Fsp3) is 0.483. The molecular weight excluding hydrogens is 492 g/mol. The number of rotatable bonds is 6. The third-order valence-electron chi connectivity index (χ3n) is 7.38. The number of carbonyl (C=O) groups excluding carboxylic acids is 2. The molecule has 8 heteroatoms. The number of likely N-dealkylation sites (tertiary alicyclic amines) is 1. The highest BCUT2D eigenvalue weighted by Gasteiger charge is 2.38. The maximum Gasteiger partial charge on any atom is 0.506 e. The lowest BCUT2D eigenvalue weighted by Gasteiger charge is -2.34. The third-order valence-corrected chi connectivity index (χ3v) is 7.73. The average molecular weight is 527 g/mol. The van der Waals surface area contributed by atoms with E-state index in [1.54, 1.807) is 9.80 Å². The number of hydrogen-bond donors (Lipinski definition) is 1. The number of fused-ring (bicyclic) bond motifs is 1. The van der Waals surface area contributed by atoms with Crippen molar-refractivity contribution in [3.8, 4) is 0 Å². The molecule has 1 saturated heterocycles. The van der Waals surface area contributed by atoms with Crippen molar-refractivity contribution >= 4 is 29.6 Å². The molecule has 0 bridgehead atoms. The molecule has 0 spiro atoms. The molecule has 0 saturated carbocycles. The monoisotopic (exact) mass is 526 g/mol. The molecule has 7 nitrogen and oxygen atoms in total. The van der Waals surface area contributed by atoms with Crippen LogP contribution in [0, 0.1) is 12.8 Å². The first-order chi connectivity index (χ1) is 17.6. The van der Waals surface area contributed by atoms with E-state index in [1.165, 1.54) is 0 Å². The van der Waals surface area contributed by atoms with Crippen molar-refractivity contribution in [2.45, 2.75) is 58.0 Å². The number of carbonyl (C=O) groups is 3. The zero-order chi connectivity index (χ0) is 26.7. The average Bonchev–Trinajstić information content (AvgIpc) is 2.94. The normalized spacial score (nSPS) is 20.5. The van der Waals surface area contributed by atoms with E-state index in [-0.39, 0.29) is 30.2 Å². The van der Waals surface area contributed by atoms with E-state index in [0.717, 1.165) is 22.3 Å². The Morgan fingerprint density at radius 2 is 1.78 bits per heavy atom. The van der Waals surface area contributed by atoms with Gasteiger partial charge < -0.3 is 19.6 Å². The predicted octanol–water partition coefficient (Wildman–Crippen LogP) is 5.44. The molecular formula is C29H35ClN2O5. The van der Waals surface area contributed by atoms with Crippen LogP contribution in [0.5, 0.6) is 0 Å². The van der Waals surface area contributed by atoms with Gasteiger partial charge in [-0.2, -0.15) is 0 Å². The summed E-state index contributed by atoms with van der Waals surface area (Å²) >= 11 is 6.67. The lowest BCUT2D eigenvalue weighted by Crippen LogP contribution is -2.48. The van der Waals surface area contributed by atoms with Crippen LogP contribution in [0.3, 0.4) is 0 Å². The van der Waals surface area contributed by atoms with Gasteiger partial charge in [0.25, 0.3) is 0 Å². The maximum absolute atomic E-state index is 14.0. The van der Waals surface area contributed by atoms with Crippen molar-refractivity contribution in [3.05, 3.63) is 69.7 Å². The highest BCUT2D eigenvalue weighted by atomic mass is 35.5. The van der Waals surface area contributed by atoms with E-state index in [1.807, 2.05) is 37.3 Å². The Kier molecular flexibility index (Phi) is 8.42. The van der Waals surface area contributed by atoms with Gasteiger partial charge in [0.05, 0.1) is 12.5 Å². The molecule has 2 unspecified atom stereocenters. The number of halogens is 1. The number of benzene rings is 2. The van der Waals surface area contributed by atoms with Crippen LogP contribution in [0.1, 0.15) is 67.2 Å². The van der Waals surface area contributed by atoms with Gasteiger partial charge >= 0.3 is 6.16 Å². The van der Waals surface area contributed by atoms with Crippen molar-refractivity contribution in [2.75, 3.05) is 26.2 Å². The van der Waals surface area contributed by atoms with Crippen LogP contribution in [0.25, 0.3) is 0 Å². The summed E-state index contributed by atoms with van der Waals surface area (Å²) in [6, 6.07) is 14.0. The summed E-state index contributed by atoms with van der Waals surface area (Å²) in [5.41, 5.74) is 4.16. The molecule has 2 aromatic carbocycles. The number of amides is 2. The molecule has 2 aliphatic heterocycles. The van der Waals surface area contributed by atoms with Gasteiger partial charge in [-0.3, -0.25) is 9.59 Å². The van der Waals surface area contributed by atoms with Gasteiger partial charge in [-0.25, -0.2) is 4.79 Å². The van der Waals surface area contributed by atoms with Crippen molar-refractivity contribution in [3.63, 3.8) is 0 Å². The molecule has 1 fully saturated rings. The third kappa shape index (κ3) is 6.27. The summed E-state index contributed by atoms with van der Waals surface area (Å²) in [7, 11) is 0. The van der Waals surface area contributed by atoms with Crippen LogP contribution < -0.4 is 0 Å². The number of aryl methyl sites for hydroxylation is 1. The highest BCUT2D eigenvalue weighted by Crippen LogP contribution is 2.41. The maximum atomic E-state index is 14.0. The van der Waals surface area contributed by atoms with Crippen molar-refractivity contribution < 1.29 is 24.2 Å². The quantitative estimate of drug-likeness (QED) is 0.506. The van der Waals surface area contributed by atoms with Crippen molar-refractivity contribution in [1.29, 1.82) is 0 Å². The molecule has 37 heavy (non-hydrogen) atoms. The molecule has 4 rings (SSSR count). The predicted molar refractivity (Wildman–Crippen MR) is 142 cm³/mol. The summed E-state index contributed by atoms with van der Waals surface area (Å²) < 4.78 is 4.88. The highest BCUT2D eigenvalue weighted by molar-refractivity contribution is 6.31. The largest absolute Gasteiger partial charge is 0.506 e. The first kappa shape index (κ1) is 27.0. The second kappa shape index (κ2) is 11.5. The van der Waals surface area contributed by atoms with Crippen LogP contribution in [-0.2, 0) is 14.3 Å². The van der Waals surface area contributed by atoms with Crippen LogP contribution >= 0.6 is 11.6 Å². The summed E-state index contributed by atoms with van der Waals surface area (Å²) in [5, 5.41) is 9.51. The van der Waals surface area contributed by atoms with E-state index in [2.05, 4.69) is 26.0 Å². The fourth-order valence-electron chi connectivity index (χ4n) is 5.57. The molecule has 0 radical (unpaired) electrons. The van der Waals surface area contributed by atoms with E-state index in [4.69, 9.17) is 21.4 Å². The van der Waals surface area contributed by atoms with E-state index in [9.17, 15) is 14.4 Å². The standard InChI is InChI=1S/C29H35ClN2O5/c1-18(2)14-24-21-9-8-19(3)15-23(21)25(22-6-4-5-7-26(22)30)16-32(28(24)34)17-27(33)31-12-10-20(11-13-31)37-29(35)36/h4-9,15,18,20,24-25H,10-14,16-17H2,1-3H3,(H,35,36). The first-order valence-electron chi connectivity index (χ1n) is 12.9. The van der Waals surface area contributed by atoms with Crippen molar-refractivity contribution in [2.24, 2.45) is 5.92 Å². The van der Waals surface area contributed by atoms with Crippen LogP contribution in [-0.4, -0.2) is 65.2 Å². The van der Waals surface area contributed by atoms with E-state index >= 15 is 0 Å². The zero-order valence-corrected chi connectivity index (χ0v) is 22.4. The fourth-order valence-corrected chi connectivity index (χ4v) is 5.84. The Labute approximate surface area is 223 Å². The molecule has 2 aliphatic rings.